The van der Waals surface area contributed by atoms with E-state index in [2.05, 4.69) is 19.2 Å². The van der Waals surface area contributed by atoms with Crippen molar-refractivity contribution in [2.24, 2.45) is 11.8 Å². The van der Waals surface area contributed by atoms with Crippen molar-refractivity contribution < 1.29 is 14.3 Å². The van der Waals surface area contributed by atoms with Crippen molar-refractivity contribution in [3.63, 3.8) is 0 Å². The summed E-state index contributed by atoms with van der Waals surface area (Å²) in [6.07, 6.45) is 6.95. The third-order valence-electron chi connectivity index (χ3n) is 4.86. The highest BCUT2D eigenvalue weighted by Crippen LogP contribution is 2.33. The molecule has 0 aromatic heterocycles. The van der Waals surface area contributed by atoms with Crippen LogP contribution in [0.4, 0.5) is 0 Å². The normalized spacial score (nSPS) is 27.1. The predicted octanol–water partition coefficient (Wildman–Crippen LogP) is 3.37. The van der Waals surface area contributed by atoms with E-state index in [9.17, 15) is 4.79 Å². The maximum Gasteiger partial charge on any atom is 0.244 e. The molecule has 3 unspecified atom stereocenters. The van der Waals surface area contributed by atoms with Gasteiger partial charge in [-0.15, -0.1) is 0 Å². The fourth-order valence-electron chi connectivity index (χ4n) is 3.21. The van der Waals surface area contributed by atoms with E-state index in [0.29, 0.717) is 11.8 Å². The number of hydrogen-bond acceptors (Lipinski definition) is 3. The number of benzene rings is 1. The Kier molecular flexibility index (Phi) is 4.36. The van der Waals surface area contributed by atoms with Crippen LogP contribution in [0.15, 0.2) is 24.3 Å². The van der Waals surface area contributed by atoms with E-state index < -0.39 is 0 Å². The minimum absolute atomic E-state index is 0.0244. The van der Waals surface area contributed by atoms with Gasteiger partial charge in [0.15, 0.2) is 11.5 Å². The molecule has 1 heterocycles. The summed E-state index contributed by atoms with van der Waals surface area (Å²) in [7, 11) is 0. The van der Waals surface area contributed by atoms with Crippen LogP contribution >= 0.6 is 0 Å². The first-order chi connectivity index (χ1) is 10.6. The molecule has 1 aromatic rings. The SMILES string of the molecule is CC1CCCC(NC(=O)/C=C/c2ccc3c(c2)OCO3)C1C. The molecule has 0 saturated heterocycles. The second-order valence-electron chi connectivity index (χ2n) is 6.33. The average molecular weight is 301 g/mol. The lowest BCUT2D eigenvalue weighted by Crippen LogP contribution is -2.43. The van der Waals surface area contributed by atoms with Crippen molar-refractivity contribution in [2.45, 2.75) is 39.2 Å². The number of amides is 1. The third kappa shape index (κ3) is 3.26. The van der Waals surface area contributed by atoms with Gasteiger partial charge in [-0.3, -0.25) is 4.79 Å². The number of rotatable bonds is 3. The summed E-state index contributed by atoms with van der Waals surface area (Å²) in [6, 6.07) is 5.96. The van der Waals surface area contributed by atoms with Gasteiger partial charge in [0.05, 0.1) is 0 Å². The lowest BCUT2D eigenvalue weighted by Gasteiger charge is -2.34. The number of carbonyl (C=O) groups excluding carboxylic acids is 1. The smallest absolute Gasteiger partial charge is 0.244 e. The van der Waals surface area contributed by atoms with Gasteiger partial charge in [0.25, 0.3) is 0 Å². The zero-order chi connectivity index (χ0) is 15.5. The molecule has 0 radical (unpaired) electrons. The Bertz CT molecular complexity index is 582. The molecule has 1 N–H and O–H groups in total. The lowest BCUT2D eigenvalue weighted by atomic mass is 9.78. The van der Waals surface area contributed by atoms with Gasteiger partial charge in [-0.05, 0) is 42.0 Å². The third-order valence-corrected chi connectivity index (χ3v) is 4.86. The summed E-state index contributed by atoms with van der Waals surface area (Å²) in [4.78, 5) is 12.1. The molecule has 4 nitrogen and oxygen atoms in total. The van der Waals surface area contributed by atoms with E-state index in [4.69, 9.17) is 9.47 Å². The Balaban J connectivity index is 1.59. The first kappa shape index (κ1) is 14.9. The van der Waals surface area contributed by atoms with Crippen molar-refractivity contribution in [3.05, 3.63) is 29.8 Å². The second kappa shape index (κ2) is 6.42. The van der Waals surface area contributed by atoms with Crippen LogP contribution in [0, 0.1) is 11.8 Å². The van der Waals surface area contributed by atoms with Gasteiger partial charge in [-0.1, -0.05) is 32.8 Å². The molecule has 1 aliphatic carbocycles. The predicted molar refractivity (Wildman–Crippen MR) is 85.7 cm³/mol. The number of hydrogen-bond donors (Lipinski definition) is 1. The molecule has 2 aliphatic rings. The molecule has 3 atom stereocenters. The maximum atomic E-state index is 12.1. The Morgan fingerprint density at radius 2 is 2.05 bits per heavy atom. The highest BCUT2D eigenvalue weighted by Gasteiger charge is 2.27. The molecule has 0 spiro atoms. The molecule has 1 fully saturated rings. The molecule has 1 amide bonds. The molecular weight excluding hydrogens is 278 g/mol. The van der Waals surface area contributed by atoms with Gasteiger partial charge >= 0.3 is 0 Å². The Morgan fingerprint density at radius 1 is 1.23 bits per heavy atom. The van der Waals surface area contributed by atoms with E-state index in [-0.39, 0.29) is 18.7 Å². The van der Waals surface area contributed by atoms with Crippen molar-refractivity contribution in [1.29, 1.82) is 0 Å². The Labute approximate surface area is 131 Å². The lowest BCUT2D eigenvalue weighted by molar-refractivity contribution is -0.117. The fraction of sp³-hybridized carbons (Fsp3) is 0.500. The standard InChI is InChI=1S/C18H23NO3/c1-12-4-3-5-15(13(12)2)19-18(20)9-7-14-6-8-16-17(10-14)22-11-21-16/h6-10,12-13,15H,3-5,11H2,1-2H3,(H,19,20)/b9-7+. The number of fused-ring (bicyclic) bond motifs is 1. The van der Waals surface area contributed by atoms with Crippen molar-refractivity contribution in [2.75, 3.05) is 6.79 Å². The van der Waals surface area contributed by atoms with Crippen LogP contribution in [0.5, 0.6) is 11.5 Å². The zero-order valence-electron chi connectivity index (χ0n) is 13.2. The van der Waals surface area contributed by atoms with Crippen LogP contribution in [-0.2, 0) is 4.79 Å². The van der Waals surface area contributed by atoms with Gasteiger partial charge in [0, 0.05) is 12.1 Å². The van der Waals surface area contributed by atoms with E-state index in [1.165, 1.54) is 12.8 Å². The van der Waals surface area contributed by atoms with Gasteiger partial charge in [-0.2, -0.15) is 0 Å². The van der Waals surface area contributed by atoms with Gasteiger partial charge in [0.2, 0.25) is 12.7 Å². The summed E-state index contributed by atoms with van der Waals surface area (Å²) in [5.41, 5.74) is 0.935. The van der Waals surface area contributed by atoms with Gasteiger partial charge in [0.1, 0.15) is 0 Å². The second-order valence-corrected chi connectivity index (χ2v) is 6.33. The van der Waals surface area contributed by atoms with Crippen LogP contribution in [0.3, 0.4) is 0 Å². The van der Waals surface area contributed by atoms with E-state index in [1.807, 2.05) is 24.3 Å². The van der Waals surface area contributed by atoms with Crippen molar-refractivity contribution >= 4 is 12.0 Å². The summed E-state index contributed by atoms with van der Waals surface area (Å²) in [5, 5.41) is 3.14. The summed E-state index contributed by atoms with van der Waals surface area (Å²) >= 11 is 0. The molecule has 3 rings (SSSR count). The van der Waals surface area contributed by atoms with E-state index in [1.54, 1.807) is 6.08 Å². The number of nitrogens with one attached hydrogen (secondary N) is 1. The quantitative estimate of drug-likeness (QED) is 0.871. The monoisotopic (exact) mass is 301 g/mol. The highest BCUT2D eigenvalue weighted by molar-refractivity contribution is 5.92. The zero-order valence-corrected chi connectivity index (χ0v) is 13.2. The van der Waals surface area contributed by atoms with Crippen LogP contribution in [0.25, 0.3) is 6.08 Å². The van der Waals surface area contributed by atoms with Crippen LogP contribution in [0.2, 0.25) is 0 Å². The minimum atomic E-state index is -0.0244. The summed E-state index contributed by atoms with van der Waals surface area (Å²) < 4.78 is 10.6. The average Bonchev–Trinajstić information content (AvgIpc) is 2.97. The van der Waals surface area contributed by atoms with Crippen LogP contribution in [0.1, 0.15) is 38.7 Å². The molecule has 1 aliphatic heterocycles. The Morgan fingerprint density at radius 3 is 2.91 bits per heavy atom. The first-order valence-electron chi connectivity index (χ1n) is 8.01. The largest absolute Gasteiger partial charge is 0.454 e. The molecule has 118 valence electrons. The molecule has 0 bridgehead atoms. The van der Waals surface area contributed by atoms with Crippen molar-refractivity contribution in [3.8, 4) is 11.5 Å². The maximum absolute atomic E-state index is 12.1. The fourth-order valence-corrected chi connectivity index (χ4v) is 3.21. The van der Waals surface area contributed by atoms with Crippen LogP contribution in [-0.4, -0.2) is 18.7 Å². The van der Waals surface area contributed by atoms with Crippen LogP contribution < -0.4 is 14.8 Å². The number of ether oxygens (including phenoxy) is 2. The first-order valence-corrected chi connectivity index (χ1v) is 8.01. The molecule has 1 saturated carbocycles. The highest BCUT2D eigenvalue weighted by atomic mass is 16.7. The minimum Gasteiger partial charge on any atom is -0.454 e. The van der Waals surface area contributed by atoms with Gasteiger partial charge in [-0.25, -0.2) is 0 Å². The van der Waals surface area contributed by atoms with E-state index in [0.717, 1.165) is 23.5 Å². The topological polar surface area (TPSA) is 47.6 Å². The molecule has 1 aromatic carbocycles. The van der Waals surface area contributed by atoms with Crippen molar-refractivity contribution in [1.82, 2.24) is 5.32 Å². The van der Waals surface area contributed by atoms with Gasteiger partial charge < -0.3 is 14.8 Å². The van der Waals surface area contributed by atoms with E-state index >= 15 is 0 Å². The molecular formula is C18H23NO3. The summed E-state index contributed by atoms with van der Waals surface area (Å²) in [5.74, 6) is 2.68. The number of carbonyl (C=O) groups is 1. The molecule has 4 heteroatoms. The molecule has 22 heavy (non-hydrogen) atoms. The Hall–Kier alpha value is -1.97. The summed E-state index contributed by atoms with van der Waals surface area (Å²) in [6.45, 7) is 4.77.